The molecule has 0 spiro atoms. The molecule has 1 amide bonds. The Balaban J connectivity index is 2.52. The van der Waals surface area contributed by atoms with Crippen LogP contribution in [0.4, 0.5) is 15.9 Å². The average molecular weight is 402 g/mol. The van der Waals surface area contributed by atoms with Crippen LogP contribution in [0.25, 0.3) is 6.08 Å². The highest BCUT2D eigenvalue weighted by atomic mass is 19.1. The molecule has 29 heavy (non-hydrogen) atoms. The summed E-state index contributed by atoms with van der Waals surface area (Å²) < 4.78 is 15.1. The van der Waals surface area contributed by atoms with E-state index in [0.29, 0.717) is 6.54 Å². The van der Waals surface area contributed by atoms with E-state index in [9.17, 15) is 18.8 Å². The minimum atomic E-state index is -0.735. The second kappa shape index (κ2) is 9.36. The molecule has 1 aromatic carbocycles. The van der Waals surface area contributed by atoms with Crippen LogP contribution in [0.1, 0.15) is 33.3 Å². The molecule has 3 N–H and O–H groups in total. The van der Waals surface area contributed by atoms with Crippen LogP contribution in [0, 0.1) is 17.7 Å². The Bertz CT molecular complexity index is 1020. The number of rotatable bonds is 7. The molecule has 0 bridgehead atoms. The van der Waals surface area contributed by atoms with Gasteiger partial charge in [-0.3, -0.25) is 19.1 Å². The van der Waals surface area contributed by atoms with Gasteiger partial charge in [-0.15, -0.1) is 0 Å². The summed E-state index contributed by atoms with van der Waals surface area (Å²) in [5.41, 5.74) is 4.95. The van der Waals surface area contributed by atoms with Crippen molar-refractivity contribution in [2.24, 2.45) is 11.8 Å². The van der Waals surface area contributed by atoms with Crippen LogP contribution in [0.3, 0.4) is 0 Å². The summed E-state index contributed by atoms with van der Waals surface area (Å²) in [5, 5.41) is 0. The summed E-state index contributed by atoms with van der Waals surface area (Å²) >= 11 is 0. The molecule has 7 nitrogen and oxygen atoms in total. The lowest BCUT2D eigenvalue weighted by atomic mass is 10.1. The van der Waals surface area contributed by atoms with Crippen LogP contribution in [-0.2, 0) is 11.3 Å². The van der Waals surface area contributed by atoms with Crippen molar-refractivity contribution in [3.05, 3.63) is 62.6 Å². The number of carbonyl (C=O) groups excluding carboxylic acids is 1. The fourth-order valence-electron chi connectivity index (χ4n) is 2.90. The Labute approximate surface area is 168 Å². The molecule has 2 rings (SSSR count). The first-order valence-electron chi connectivity index (χ1n) is 9.48. The van der Waals surface area contributed by atoms with E-state index < -0.39 is 23.0 Å². The van der Waals surface area contributed by atoms with Gasteiger partial charge in [-0.1, -0.05) is 45.9 Å². The van der Waals surface area contributed by atoms with Gasteiger partial charge in [0.05, 0.1) is 0 Å². The quantitative estimate of drug-likeness (QED) is 0.695. The molecule has 2 aromatic rings. The number of nitrogens with zero attached hydrogens (tertiary/aromatic N) is 2. The monoisotopic (exact) mass is 402 g/mol. The van der Waals surface area contributed by atoms with Crippen molar-refractivity contribution >= 4 is 23.5 Å². The van der Waals surface area contributed by atoms with Gasteiger partial charge >= 0.3 is 5.69 Å². The van der Waals surface area contributed by atoms with Crippen LogP contribution >= 0.6 is 0 Å². The third kappa shape index (κ3) is 5.43. The topological polar surface area (TPSA) is 101 Å². The van der Waals surface area contributed by atoms with Gasteiger partial charge in [0.15, 0.2) is 5.69 Å². The minimum absolute atomic E-state index is 0.0186. The summed E-state index contributed by atoms with van der Waals surface area (Å²) in [7, 11) is 0. The SMILES string of the molecule is CC(C)CN(C(=O)/C=C/c1ccccc1F)c1c(N)n(CC(C)C)c(=O)[nH]c1=O. The number of hydrogen-bond acceptors (Lipinski definition) is 4. The van der Waals surface area contributed by atoms with Gasteiger partial charge in [-0.25, -0.2) is 9.18 Å². The highest BCUT2D eigenvalue weighted by molar-refractivity contribution is 6.05. The van der Waals surface area contributed by atoms with Gasteiger partial charge < -0.3 is 10.6 Å². The van der Waals surface area contributed by atoms with Gasteiger partial charge in [0, 0.05) is 24.7 Å². The molecule has 0 aliphatic rings. The molecule has 0 fully saturated rings. The number of benzene rings is 1. The van der Waals surface area contributed by atoms with Crippen LogP contribution in [0.5, 0.6) is 0 Å². The highest BCUT2D eigenvalue weighted by Crippen LogP contribution is 2.20. The van der Waals surface area contributed by atoms with E-state index in [1.807, 2.05) is 27.7 Å². The predicted octanol–water partition coefficient (Wildman–Crippen LogP) is 2.62. The molecular weight excluding hydrogens is 375 g/mol. The van der Waals surface area contributed by atoms with E-state index in [2.05, 4.69) is 4.98 Å². The Morgan fingerprint density at radius 3 is 2.45 bits per heavy atom. The first kappa shape index (κ1) is 22.1. The van der Waals surface area contributed by atoms with E-state index in [0.717, 1.165) is 0 Å². The summed E-state index contributed by atoms with van der Waals surface area (Å²) in [6.45, 7) is 8.08. The van der Waals surface area contributed by atoms with E-state index in [1.54, 1.807) is 12.1 Å². The molecule has 156 valence electrons. The number of nitrogen functional groups attached to an aromatic ring is 1. The summed E-state index contributed by atoms with van der Waals surface area (Å²) in [6, 6.07) is 6.04. The third-order valence-corrected chi connectivity index (χ3v) is 4.16. The highest BCUT2D eigenvalue weighted by Gasteiger charge is 2.24. The van der Waals surface area contributed by atoms with E-state index in [1.165, 1.54) is 33.8 Å². The fraction of sp³-hybridized carbons (Fsp3) is 0.381. The van der Waals surface area contributed by atoms with Crippen LogP contribution in [-0.4, -0.2) is 22.0 Å². The van der Waals surface area contributed by atoms with Gasteiger partial charge in [-0.05, 0) is 24.0 Å². The van der Waals surface area contributed by atoms with Crippen LogP contribution < -0.4 is 21.9 Å². The van der Waals surface area contributed by atoms with E-state index in [4.69, 9.17) is 5.73 Å². The zero-order valence-electron chi connectivity index (χ0n) is 17.1. The largest absolute Gasteiger partial charge is 0.383 e. The van der Waals surface area contributed by atoms with Crippen molar-refractivity contribution in [2.75, 3.05) is 17.2 Å². The van der Waals surface area contributed by atoms with Crippen molar-refractivity contribution < 1.29 is 9.18 Å². The molecule has 0 saturated carbocycles. The van der Waals surface area contributed by atoms with Gasteiger partial charge in [0.2, 0.25) is 0 Å². The average Bonchev–Trinajstić information content (AvgIpc) is 2.62. The second-order valence-corrected chi connectivity index (χ2v) is 7.70. The Morgan fingerprint density at radius 1 is 1.21 bits per heavy atom. The zero-order valence-corrected chi connectivity index (χ0v) is 17.1. The molecule has 1 heterocycles. The van der Waals surface area contributed by atoms with Gasteiger partial charge in [0.1, 0.15) is 11.6 Å². The van der Waals surface area contributed by atoms with Crippen molar-refractivity contribution in [3.8, 4) is 0 Å². The second-order valence-electron chi connectivity index (χ2n) is 7.70. The molecule has 0 unspecified atom stereocenters. The molecule has 0 aliphatic heterocycles. The van der Waals surface area contributed by atoms with Gasteiger partial charge in [0.25, 0.3) is 11.5 Å². The first-order chi connectivity index (χ1) is 13.6. The van der Waals surface area contributed by atoms with E-state index >= 15 is 0 Å². The molecule has 8 heteroatoms. The summed E-state index contributed by atoms with van der Waals surface area (Å²) in [4.78, 5) is 41.1. The van der Waals surface area contributed by atoms with Crippen LogP contribution in [0.2, 0.25) is 0 Å². The summed E-state index contributed by atoms with van der Waals surface area (Å²) in [6.07, 6.45) is 2.54. The number of halogens is 1. The smallest absolute Gasteiger partial charge is 0.330 e. The lowest BCUT2D eigenvalue weighted by Gasteiger charge is -2.25. The van der Waals surface area contributed by atoms with Crippen molar-refractivity contribution in [1.29, 1.82) is 0 Å². The molecule has 0 radical (unpaired) electrons. The normalized spacial score (nSPS) is 11.6. The van der Waals surface area contributed by atoms with Gasteiger partial charge in [-0.2, -0.15) is 0 Å². The van der Waals surface area contributed by atoms with Crippen molar-refractivity contribution in [1.82, 2.24) is 9.55 Å². The number of nitrogens with one attached hydrogen (secondary N) is 1. The maximum Gasteiger partial charge on any atom is 0.330 e. The number of carbonyl (C=O) groups is 1. The summed E-state index contributed by atoms with van der Waals surface area (Å²) in [5.74, 6) is -0.946. The maximum atomic E-state index is 13.8. The zero-order chi connectivity index (χ0) is 21.7. The Hall–Kier alpha value is -3.16. The molecule has 1 aromatic heterocycles. The predicted molar refractivity (Wildman–Crippen MR) is 113 cm³/mol. The van der Waals surface area contributed by atoms with Crippen molar-refractivity contribution in [2.45, 2.75) is 34.2 Å². The van der Waals surface area contributed by atoms with E-state index in [-0.39, 0.29) is 35.4 Å². The number of nitrogens with two attached hydrogens (primary N) is 1. The fourth-order valence-corrected chi connectivity index (χ4v) is 2.90. The lowest BCUT2D eigenvalue weighted by Crippen LogP contribution is -2.42. The van der Waals surface area contributed by atoms with Crippen LogP contribution in [0.15, 0.2) is 39.9 Å². The number of aromatic amines is 1. The maximum absolute atomic E-state index is 13.8. The lowest BCUT2D eigenvalue weighted by molar-refractivity contribution is -0.114. The molecule has 0 atom stereocenters. The molecule has 0 saturated heterocycles. The first-order valence-corrected chi connectivity index (χ1v) is 9.48. The Kier molecular flexibility index (Phi) is 7.14. The molecule has 0 aliphatic carbocycles. The molecular formula is C21H27FN4O3. The Morgan fingerprint density at radius 2 is 1.86 bits per heavy atom. The number of H-pyrrole nitrogens is 1. The number of amides is 1. The van der Waals surface area contributed by atoms with Crippen molar-refractivity contribution in [3.63, 3.8) is 0 Å². The number of anilines is 2. The third-order valence-electron chi connectivity index (χ3n) is 4.16. The number of hydrogen-bond donors (Lipinski definition) is 2. The standard InChI is InChI=1S/C21H27FN4O3/c1-13(2)11-25(17(27)10-9-15-7-5-6-8-16(15)22)18-19(23)26(12-14(3)4)21(29)24-20(18)28/h5-10,13-14H,11-12,23H2,1-4H3,(H,24,28,29)/b10-9+. The minimum Gasteiger partial charge on any atom is -0.383 e. The number of aromatic nitrogens is 2.